The first-order valence-corrected chi connectivity index (χ1v) is 9.48. The number of piperazine rings is 1. The van der Waals surface area contributed by atoms with Crippen molar-refractivity contribution in [3.05, 3.63) is 64.7 Å². The Kier molecular flexibility index (Phi) is 7.84. The monoisotopic (exact) mass is 387 g/mol. The van der Waals surface area contributed by atoms with Crippen LogP contribution in [0.3, 0.4) is 0 Å². The lowest BCUT2D eigenvalue weighted by molar-refractivity contribution is -0.118. The zero-order valence-electron chi connectivity index (χ0n) is 16.4. The number of halogens is 1. The van der Waals surface area contributed by atoms with Crippen molar-refractivity contribution in [2.45, 2.75) is 33.2 Å². The van der Waals surface area contributed by atoms with E-state index < -0.39 is 0 Å². The highest BCUT2D eigenvalue weighted by Gasteiger charge is 2.25. The lowest BCUT2D eigenvalue weighted by Gasteiger charge is -2.36. The van der Waals surface area contributed by atoms with Crippen LogP contribution in [0.2, 0.25) is 0 Å². The summed E-state index contributed by atoms with van der Waals surface area (Å²) in [4.78, 5) is 15.0. The highest BCUT2D eigenvalue weighted by atomic mass is 35.5. The maximum atomic E-state index is 12.7. The lowest BCUT2D eigenvalue weighted by Crippen LogP contribution is -2.48. The van der Waals surface area contributed by atoms with Crippen LogP contribution >= 0.6 is 12.4 Å². The number of anilines is 1. The van der Waals surface area contributed by atoms with Gasteiger partial charge in [0.2, 0.25) is 5.91 Å². The summed E-state index contributed by atoms with van der Waals surface area (Å²) >= 11 is 0. The van der Waals surface area contributed by atoms with Crippen molar-refractivity contribution in [1.82, 2.24) is 10.2 Å². The Morgan fingerprint density at radius 3 is 2.44 bits per heavy atom. The third kappa shape index (κ3) is 5.32. The zero-order valence-corrected chi connectivity index (χ0v) is 17.2. The summed E-state index contributed by atoms with van der Waals surface area (Å²) in [6.45, 7) is 9.32. The molecule has 5 heteroatoms. The predicted molar refractivity (Wildman–Crippen MR) is 115 cm³/mol. The smallest absolute Gasteiger partial charge is 0.238 e. The van der Waals surface area contributed by atoms with Gasteiger partial charge in [-0.1, -0.05) is 49.4 Å². The fourth-order valence-electron chi connectivity index (χ4n) is 3.61. The number of aryl methyl sites for hydroxylation is 3. The number of hydrogen-bond acceptors (Lipinski definition) is 3. The maximum absolute atomic E-state index is 12.7. The van der Waals surface area contributed by atoms with Crippen molar-refractivity contribution in [2.75, 3.05) is 31.5 Å². The van der Waals surface area contributed by atoms with Gasteiger partial charge in [-0.15, -0.1) is 12.4 Å². The van der Waals surface area contributed by atoms with E-state index >= 15 is 0 Å². The first-order chi connectivity index (χ1) is 12.6. The molecule has 146 valence electrons. The number of amides is 1. The fourth-order valence-corrected chi connectivity index (χ4v) is 3.61. The van der Waals surface area contributed by atoms with E-state index in [2.05, 4.69) is 46.7 Å². The van der Waals surface area contributed by atoms with Gasteiger partial charge in [0.1, 0.15) is 0 Å². The van der Waals surface area contributed by atoms with Gasteiger partial charge in [-0.05, 0) is 42.5 Å². The number of hydrogen-bond donors (Lipinski definition) is 2. The predicted octanol–water partition coefficient (Wildman–Crippen LogP) is 3.87. The molecule has 27 heavy (non-hydrogen) atoms. The summed E-state index contributed by atoms with van der Waals surface area (Å²) in [7, 11) is 0. The molecule has 1 unspecified atom stereocenters. The topological polar surface area (TPSA) is 44.4 Å². The lowest BCUT2D eigenvalue weighted by atomic mass is 10.0. The van der Waals surface area contributed by atoms with Crippen molar-refractivity contribution < 1.29 is 4.79 Å². The van der Waals surface area contributed by atoms with Crippen molar-refractivity contribution in [3.63, 3.8) is 0 Å². The van der Waals surface area contributed by atoms with Gasteiger partial charge in [0.05, 0.1) is 6.54 Å². The number of nitrogens with zero attached hydrogens (tertiary/aromatic N) is 1. The van der Waals surface area contributed by atoms with Gasteiger partial charge in [0.15, 0.2) is 0 Å². The quantitative estimate of drug-likeness (QED) is 0.818. The molecule has 3 rings (SSSR count). The summed E-state index contributed by atoms with van der Waals surface area (Å²) in [6.07, 6.45) is 1.05. The van der Waals surface area contributed by atoms with Crippen LogP contribution in [-0.2, 0) is 11.2 Å². The fraction of sp³-hybridized carbons (Fsp3) is 0.409. The number of nitrogens with one attached hydrogen (secondary N) is 2. The molecule has 1 fully saturated rings. The molecular weight excluding hydrogens is 358 g/mol. The van der Waals surface area contributed by atoms with Crippen molar-refractivity contribution in [3.8, 4) is 0 Å². The van der Waals surface area contributed by atoms with Crippen LogP contribution in [0.4, 0.5) is 5.69 Å². The second-order valence-electron chi connectivity index (χ2n) is 7.10. The molecule has 4 nitrogen and oxygen atoms in total. The molecule has 2 aromatic rings. The van der Waals surface area contributed by atoms with Gasteiger partial charge < -0.3 is 10.6 Å². The number of carbonyl (C=O) groups excluding carboxylic acids is 1. The van der Waals surface area contributed by atoms with Crippen molar-refractivity contribution in [2.24, 2.45) is 0 Å². The van der Waals surface area contributed by atoms with Crippen LogP contribution in [0.25, 0.3) is 0 Å². The molecular formula is C22H30ClN3O. The molecule has 0 aromatic heterocycles. The van der Waals surface area contributed by atoms with Gasteiger partial charge in [-0.2, -0.15) is 0 Å². The molecule has 0 spiro atoms. The second-order valence-corrected chi connectivity index (χ2v) is 7.10. The van der Waals surface area contributed by atoms with Crippen LogP contribution < -0.4 is 10.6 Å². The molecule has 2 aromatic carbocycles. The second kappa shape index (κ2) is 9.88. The van der Waals surface area contributed by atoms with Crippen LogP contribution in [-0.4, -0.2) is 37.0 Å². The average Bonchev–Trinajstić information content (AvgIpc) is 2.65. The Morgan fingerprint density at radius 2 is 1.81 bits per heavy atom. The molecule has 0 saturated carbocycles. The number of carbonyl (C=O) groups is 1. The summed E-state index contributed by atoms with van der Waals surface area (Å²) in [5.74, 6) is 0.0551. The van der Waals surface area contributed by atoms with Crippen LogP contribution in [0.1, 0.15) is 35.2 Å². The van der Waals surface area contributed by atoms with Crippen molar-refractivity contribution >= 4 is 24.0 Å². The molecule has 1 heterocycles. The van der Waals surface area contributed by atoms with Crippen LogP contribution in [0, 0.1) is 13.8 Å². The van der Waals surface area contributed by atoms with E-state index in [-0.39, 0.29) is 24.4 Å². The normalized spacial score (nSPS) is 17.2. The third-order valence-electron chi connectivity index (χ3n) is 5.22. The molecule has 1 saturated heterocycles. The Bertz CT molecular complexity index is 740. The summed E-state index contributed by atoms with van der Waals surface area (Å²) in [6, 6.07) is 15.1. The highest BCUT2D eigenvalue weighted by Crippen LogP contribution is 2.24. The van der Waals surface area contributed by atoms with E-state index in [1.807, 2.05) is 32.0 Å². The van der Waals surface area contributed by atoms with Crippen LogP contribution in [0.5, 0.6) is 0 Å². The van der Waals surface area contributed by atoms with E-state index in [0.717, 1.165) is 42.9 Å². The highest BCUT2D eigenvalue weighted by molar-refractivity contribution is 5.93. The molecule has 1 aliphatic rings. The Balaban J connectivity index is 0.00000261. The number of benzene rings is 2. The summed E-state index contributed by atoms with van der Waals surface area (Å²) in [5.41, 5.74) is 5.76. The Labute approximate surface area is 168 Å². The number of rotatable bonds is 5. The van der Waals surface area contributed by atoms with E-state index in [1.165, 1.54) is 11.1 Å². The molecule has 0 bridgehead atoms. The molecule has 0 aliphatic carbocycles. The van der Waals surface area contributed by atoms with Crippen LogP contribution in [0.15, 0.2) is 42.5 Å². The molecule has 1 aliphatic heterocycles. The molecule has 2 N–H and O–H groups in total. The summed E-state index contributed by atoms with van der Waals surface area (Å²) < 4.78 is 0. The third-order valence-corrected chi connectivity index (χ3v) is 5.22. The largest absolute Gasteiger partial charge is 0.324 e. The van der Waals surface area contributed by atoms with Gasteiger partial charge in [0.25, 0.3) is 0 Å². The molecule has 1 amide bonds. The molecule has 0 radical (unpaired) electrons. The van der Waals surface area contributed by atoms with E-state index in [0.29, 0.717) is 6.54 Å². The first-order valence-electron chi connectivity index (χ1n) is 9.48. The first kappa shape index (κ1) is 21.4. The van der Waals surface area contributed by atoms with Gasteiger partial charge in [-0.25, -0.2) is 0 Å². The van der Waals surface area contributed by atoms with Crippen molar-refractivity contribution in [1.29, 1.82) is 0 Å². The standard InChI is InChI=1S/C22H29N3O.ClH/c1-4-18-8-10-19(11-9-18)20-14-23-12-13-25(20)15-21(26)24-22-16(2)6-5-7-17(22)3;/h5-11,20,23H,4,12-15H2,1-3H3,(H,24,26);1H. The van der Waals surface area contributed by atoms with Gasteiger partial charge in [-0.3, -0.25) is 9.69 Å². The van der Waals surface area contributed by atoms with E-state index in [1.54, 1.807) is 0 Å². The SMILES string of the molecule is CCc1ccc(C2CNCCN2CC(=O)Nc2c(C)cccc2C)cc1.Cl. The molecule has 1 atom stereocenters. The minimum Gasteiger partial charge on any atom is -0.324 e. The van der Waals surface area contributed by atoms with E-state index in [9.17, 15) is 4.79 Å². The van der Waals surface area contributed by atoms with E-state index in [4.69, 9.17) is 0 Å². The minimum absolute atomic E-state index is 0. The number of para-hydroxylation sites is 1. The zero-order chi connectivity index (χ0) is 18.5. The maximum Gasteiger partial charge on any atom is 0.238 e. The average molecular weight is 388 g/mol. The van der Waals surface area contributed by atoms with Gasteiger partial charge >= 0.3 is 0 Å². The Hall–Kier alpha value is -1.88. The summed E-state index contributed by atoms with van der Waals surface area (Å²) in [5, 5.41) is 6.57. The Morgan fingerprint density at radius 1 is 1.15 bits per heavy atom. The van der Waals surface area contributed by atoms with Gasteiger partial charge in [0, 0.05) is 31.4 Å². The minimum atomic E-state index is 0.